The number of pyridine rings is 2. The molecule has 1 atom stereocenters. The zero-order valence-corrected chi connectivity index (χ0v) is 17.0. The highest BCUT2D eigenvalue weighted by molar-refractivity contribution is 5.78. The third-order valence-corrected chi connectivity index (χ3v) is 6.30. The summed E-state index contributed by atoms with van der Waals surface area (Å²) in [7, 11) is 0. The van der Waals surface area contributed by atoms with Crippen LogP contribution in [0.25, 0.3) is 16.7 Å². The largest absolute Gasteiger partial charge is 0.462 e. The average molecular weight is 410 g/mol. The van der Waals surface area contributed by atoms with Gasteiger partial charge in [-0.2, -0.15) is 0 Å². The van der Waals surface area contributed by atoms with Crippen molar-refractivity contribution in [1.82, 2.24) is 9.97 Å². The Morgan fingerprint density at radius 1 is 0.968 bits per heavy atom. The average Bonchev–Trinajstić information content (AvgIpc) is 3.22. The van der Waals surface area contributed by atoms with E-state index in [4.69, 9.17) is 25.2 Å². The highest BCUT2D eigenvalue weighted by Crippen LogP contribution is 2.52. The van der Waals surface area contributed by atoms with Crippen LogP contribution in [0.1, 0.15) is 42.5 Å². The zero-order valence-electron chi connectivity index (χ0n) is 17.0. The Bertz CT molecular complexity index is 1240. The van der Waals surface area contributed by atoms with Crippen LogP contribution in [0.4, 0.5) is 0 Å². The van der Waals surface area contributed by atoms with E-state index in [1.165, 1.54) is 18.4 Å². The Labute approximate surface area is 180 Å². The fraction of sp³-hybridized carbons (Fsp3) is 0.240. The second-order valence-corrected chi connectivity index (χ2v) is 8.19. The normalized spacial score (nSPS) is 21.4. The summed E-state index contributed by atoms with van der Waals surface area (Å²) in [5, 5.41) is 0. The van der Waals surface area contributed by atoms with Crippen molar-refractivity contribution >= 4 is 11.6 Å². The third kappa shape index (κ3) is 2.90. The fourth-order valence-corrected chi connectivity index (χ4v) is 4.72. The van der Waals surface area contributed by atoms with Crippen LogP contribution in [0.3, 0.4) is 0 Å². The molecule has 1 spiro atoms. The van der Waals surface area contributed by atoms with Gasteiger partial charge in [0.25, 0.3) is 6.02 Å². The van der Waals surface area contributed by atoms with E-state index >= 15 is 0 Å². The number of hydrogen-bond acceptors (Lipinski definition) is 6. The molecule has 154 valence electrons. The van der Waals surface area contributed by atoms with E-state index in [-0.39, 0.29) is 6.02 Å². The van der Waals surface area contributed by atoms with Gasteiger partial charge in [-0.3, -0.25) is 9.97 Å². The molecule has 3 aromatic rings. The minimum absolute atomic E-state index is 0.195. The van der Waals surface area contributed by atoms with Gasteiger partial charge in [0.1, 0.15) is 12.4 Å². The molecule has 0 unspecified atom stereocenters. The quantitative estimate of drug-likeness (QED) is 0.656. The summed E-state index contributed by atoms with van der Waals surface area (Å²) in [6.45, 7) is 0.335. The molecule has 0 saturated heterocycles. The Hall–Kier alpha value is -3.67. The summed E-state index contributed by atoms with van der Waals surface area (Å²) in [6, 6.07) is 12.4. The van der Waals surface area contributed by atoms with Crippen LogP contribution in [0, 0.1) is 0 Å². The maximum atomic E-state index is 6.27. The lowest BCUT2D eigenvalue weighted by Gasteiger charge is -2.34. The molecule has 3 aliphatic rings. The first-order chi connectivity index (χ1) is 15.2. The second-order valence-electron chi connectivity index (χ2n) is 8.19. The van der Waals surface area contributed by atoms with Gasteiger partial charge in [-0.05, 0) is 61.1 Å². The van der Waals surface area contributed by atoms with Crippen molar-refractivity contribution in [3.8, 4) is 22.6 Å². The van der Waals surface area contributed by atoms with E-state index in [1.807, 2.05) is 36.7 Å². The number of amidine groups is 1. The molecule has 1 aliphatic carbocycles. The van der Waals surface area contributed by atoms with Gasteiger partial charge in [-0.25, -0.2) is 4.99 Å². The van der Waals surface area contributed by atoms with Crippen molar-refractivity contribution in [2.45, 2.75) is 31.2 Å². The predicted molar refractivity (Wildman–Crippen MR) is 119 cm³/mol. The Balaban J connectivity index is 1.53. The first-order valence-corrected chi connectivity index (χ1v) is 10.6. The van der Waals surface area contributed by atoms with Crippen molar-refractivity contribution in [2.24, 2.45) is 10.7 Å². The fourth-order valence-electron chi connectivity index (χ4n) is 4.72. The molecule has 0 radical (unpaired) electrons. The summed E-state index contributed by atoms with van der Waals surface area (Å²) < 4.78 is 12.0. The molecule has 2 N–H and O–H groups in total. The van der Waals surface area contributed by atoms with Crippen LogP contribution in [0.15, 0.2) is 66.1 Å². The van der Waals surface area contributed by atoms with Crippen molar-refractivity contribution in [1.29, 1.82) is 0 Å². The number of nitrogens with two attached hydrogens (primary N) is 1. The van der Waals surface area contributed by atoms with Gasteiger partial charge in [0.05, 0.1) is 11.9 Å². The molecule has 6 rings (SSSR count). The van der Waals surface area contributed by atoms with Gasteiger partial charge in [0.2, 0.25) is 0 Å². The van der Waals surface area contributed by atoms with Gasteiger partial charge in [0.15, 0.2) is 11.3 Å². The summed E-state index contributed by atoms with van der Waals surface area (Å²) in [5.41, 5.74) is 11.5. The first kappa shape index (κ1) is 18.1. The van der Waals surface area contributed by atoms with Crippen LogP contribution in [0.5, 0.6) is 11.5 Å². The molecule has 6 heteroatoms. The van der Waals surface area contributed by atoms with Crippen LogP contribution in [-0.2, 0) is 10.3 Å². The monoisotopic (exact) mass is 410 g/mol. The molecule has 0 fully saturated rings. The van der Waals surface area contributed by atoms with Crippen LogP contribution >= 0.6 is 0 Å². The Morgan fingerprint density at radius 2 is 1.90 bits per heavy atom. The second kappa shape index (κ2) is 6.94. The summed E-state index contributed by atoms with van der Waals surface area (Å²) in [5.74, 6) is 1.44. The highest BCUT2D eigenvalue weighted by atomic mass is 16.5. The molecule has 6 nitrogen and oxygen atoms in total. The lowest BCUT2D eigenvalue weighted by Crippen LogP contribution is -2.31. The molecular weight excluding hydrogens is 388 g/mol. The number of allylic oxidation sites excluding steroid dienone is 2. The lowest BCUT2D eigenvalue weighted by atomic mass is 9.80. The number of aliphatic imine (C=N–C) groups is 1. The van der Waals surface area contributed by atoms with Crippen LogP contribution < -0.4 is 10.5 Å². The zero-order chi connectivity index (χ0) is 20.8. The molecular formula is C25H22N4O2. The minimum atomic E-state index is -0.752. The van der Waals surface area contributed by atoms with Gasteiger partial charge >= 0.3 is 0 Å². The summed E-state index contributed by atoms with van der Waals surface area (Å²) in [4.78, 5) is 13.8. The number of fused-ring (bicyclic) bond motifs is 4. The number of rotatable bonds is 2. The Morgan fingerprint density at radius 3 is 2.68 bits per heavy atom. The molecule has 2 aromatic heterocycles. The molecule has 0 amide bonds. The maximum Gasteiger partial charge on any atom is 0.283 e. The van der Waals surface area contributed by atoms with Gasteiger partial charge in [-0.15, -0.1) is 0 Å². The molecule has 2 aliphatic heterocycles. The number of benzene rings is 1. The Kier molecular flexibility index (Phi) is 4.06. The van der Waals surface area contributed by atoms with Crippen LogP contribution in [-0.4, -0.2) is 22.6 Å². The van der Waals surface area contributed by atoms with E-state index in [2.05, 4.69) is 23.2 Å². The van der Waals surface area contributed by atoms with E-state index in [1.54, 1.807) is 6.20 Å². The smallest absolute Gasteiger partial charge is 0.283 e. The lowest BCUT2D eigenvalue weighted by molar-refractivity contribution is 0.264. The van der Waals surface area contributed by atoms with Gasteiger partial charge in [0, 0.05) is 29.1 Å². The number of nitrogens with zero attached hydrogens (tertiary/aromatic N) is 3. The molecule has 0 bridgehead atoms. The summed E-state index contributed by atoms with van der Waals surface area (Å²) in [6.07, 6.45) is 12.3. The van der Waals surface area contributed by atoms with E-state index in [0.717, 1.165) is 46.5 Å². The van der Waals surface area contributed by atoms with Crippen molar-refractivity contribution < 1.29 is 9.47 Å². The molecule has 0 saturated carbocycles. The summed E-state index contributed by atoms with van der Waals surface area (Å²) >= 11 is 0. The molecule has 4 heterocycles. The van der Waals surface area contributed by atoms with E-state index in [0.29, 0.717) is 12.4 Å². The van der Waals surface area contributed by atoms with Crippen LogP contribution in [0.2, 0.25) is 0 Å². The highest BCUT2D eigenvalue weighted by Gasteiger charge is 2.47. The topological polar surface area (TPSA) is 82.6 Å². The minimum Gasteiger partial charge on any atom is -0.462 e. The van der Waals surface area contributed by atoms with E-state index in [9.17, 15) is 0 Å². The van der Waals surface area contributed by atoms with Crippen molar-refractivity contribution in [3.05, 3.63) is 77.9 Å². The molecule has 1 aromatic carbocycles. The van der Waals surface area contributed by atoms with Gasteiger partial charge in [-0.1, -0.05) is 18.2 Å². The standard InChI is InChI=1S/C25H22N4O2/c26-24-29-25(15-30-24)19-11-17(18-7-4-10-27-13-18)8-9-22(19)31-23-14-28-21(12-20(23)25)16-5-2-1-3-6-16/h4-5,7-14H,1-3,6,15H2,(H2,26,29)/t25-/m0/s1. The third-order valence-electron chi connectivity index (χ3n) is 6.30. The first-order valence-electron chi connectivity index (χ1n) is 10.6. The predicted octanol–water partition coefficient (Wildman–Crippen LogP) is 4.80. The van der Waals surface area contributed by atoms with Crippen molar-refractivity contribution in [2.75, 3.05) is 6.61 Å². The number of hydrogen-bond donors (Lipinski definition) is 1. The number of ether oxygens (including phenoxy) is 2. The van der Waals surface area contributed by atoms with Gasteiger partial charge < -0.3 is 15.2 Å². The van der Waals surface area contributed by atoms with Crippen molar-refractivity contribution in [3.63, 3.8) is 0 Å². The van der Waals surface area contributed by atoms with E-state index < -0.39 is 5.54 Å². The number of aromatic nitrogens is 2. The maximum absolute atomic E-state index is 6.27. The SMILES string of the molecule is NC1=N[C@@]2(CO1)c1cc(-c3cccnc3)ccc1Oc1cnc(C3=CCCCC3)cc12. The molecule has 31 heavy (non-hydrogen) atoms.